The van der Waals surface area contributed by atoms with E-state index in [1.54, 1.807) is 24.3 Å². The van der Waals surface area contributed by atoms with Gasteiger partial charge in [-0.3, -0.25) is 4.79 Å². The lowest BCUT2D eigenvalue weighted by Gasteiger charge is -2.27. The molecule has 0 bridgehead atoms. The second kappa shape index (κ2) is 6.56. The third kappa shape index (κ3) is 3.84. The van der Waals surface area contributed by atoms with Crippen LogP contribution < -0.4 is 15.4 Å². The first kappa shape index (κ1) is 18.7. The number of hydrogen-bond donors (Lipinski definition) is 3. The van der Waals surface area contributed by atoms with Crippen LogP contribution >= 0.6 is 15.9 Å². The van der Waals surface area contributed by atoms with Gasteiger partial charge >= 0.3 is 6.18 Å². The number of amides is 1. The molecule has 0 fully saturated rings. The first-order valence-corrected chi connectivity index (χ1v) is 9.40. The number of anilines is 2. The predicted octanol–water partition coefficient (Wildman–Crippen LogP) is 3.14. The highest BCUT2D eigenvalue weighted by atomic mass is 79.9. The first-order valence-electron chi connectivity index (χ1n) is 7.13. The van der Waals surface area contributed by atoms with Crippen molar-refractivity contribution in [2.45, 2.75) is 17.2 Å². The summed E-state index contributed by atoms with van der Waals surface area (Å²) < 4.78 is 65.9. The number of hydrogen-bond acceptors (Lipinski definition) is 4. The molecule has 2 aromatic rings. The van der Waals surface area contributed by atoms with Crippen LogP contribution in [0.2, 0.25) is 0 Å². The zero-order chi connectivity index (χ0) is 19.1. The Balaban J connectivity index is 1.88. The minimum absolute atomic E-state index is 0.297. The fourth-order valence-corrected chi connectivity index (χ4v) is 3.85. The SMILES string of the molecule is O=C(Nc1ccc(Br)cc1)[C@@H]1Nc2cc(C(F)(F)F)ccc2S(=O)(=O)N1. The van der Waals surface area contributed by atoms with E-state index >= 15 is 0 Å². The molecule has 1 aliphatic heterocycles. The Bertz CT molecular complexity index is 962. The zero-order valence-electron chi connectivity index (χ0n) is 12.8. The summed E-state index contributed by atoms with van der Waals surface area (Å²) in [4.78, 5) is 11.9. The standard InChI is InChI=1S/C15H11BrF3N3O3S/c16-9-2-4-10(5-3-9)20-14(23)13-21-11-7-8(15(17,18)19)1-6-12(11)26(24,25)22-13/h1-7,13,21-22H,(H,20,23)/t13-/m1/s1. The molecule has 1 atom stereocenters. The summed E-state index contributed by atoms with van der Waals surface area (Å²) in [5, 5.41) is 4.97. The molecule has 11 heteroatoms. The normalized spacial score (nSPS) is 18.5. The highest BCUT2D eigenvalue weighted by molar-refractivity contribution is 9.10. The van der Waals surface area contributed by atoms with Crippen LogP contribution in [-0.2, 0) is 21.0 Å². The van der Waals surface area contributed by atoms with Gasteiger partial charge in [-0.15, -0.1) is 0 Å². The van der Waals surface area contributed by atoms with E-state index in [1.807, 2.05) is 0 Å². The number of sulfonamides is 1. The minimum Gasteiger partial charge on any atom is -0.360 e. The van der Waals surface area contributed by atoms with Gasteiger partial charge in [0.25, 0.3) is 5.91 Å². The fourth-order valence-electron chi connectivity index (χ4n) is 2.32. The highest BCUT2D eigenvalue weighted by Crippen LogP contribution is 2.35. The highest BCUT2D eigenvalue weighted by Gasteiger charge is 2.37. The molecule has 26 heavy (non-hydrogen) atoms. The van der Waals surface area contributed by atoms with Crippen molar-refractivity contribution in [2.24, 2.45) is 0 Å². The van der Waals surface area contributed by atoms with E-state index in [1.165, 1.54) is 0 Å². The Morgan fingerprint density at radius 1 is 1.12 bits per heavy atom. The van der Waals surface area contributed by atoms with Crippen molar-refractivity contribution in [3.05, 3.63) is 52.5 Å². The van der Waals surface area contributed by atoms with Gasteiger partial charge in [-0.25, -0.2) is 8.42 Å². The summed E-state index contributed by atoms with van der Waals surface area (Å²) in [5.74, 6) is -0.765. The molecule has 3 N–H and O–H groups in total. The molecule has 0 spiro atoms. The van der Waals surface area contributed by atoms with Gasteiger partial charge in [0.1, 0.15) is 4.90 Å². The maximum Gasteiger partial charge on any atom is 0.416 e. The molecule has 3 rings (SSSR count). The number of fused-ring (bicyclic) bond motifs is 1. The van der Waals surface area contributed by atoms with Crippen molar-refractivity contribution in [1.82, 2.24) is 4.72 Å². The van der Waals surface area contributed by atoms with Gasteiger partial charge in [-0.1, -0.05) is 15.9 Å². The Labute approximate surface area is 155 Å². The van der Waals surface area contributed by atoms with Crippen molar-refractivity contribution < 1.29 is 26.4 Å². The second-order valence-electron chi connectivity index (χ2n) is 5.40. The van der Waals surface area contributed by atoms with Gasteiger partial charge in [0.05, 0.1) is 11.3 Å². The van der Waals surface area contributed by atoms with Crippen molar-refractivity contribution in [3.63, 3.8) is 0 Å². The average Bonchev–Trinajstić information content (AvgIpc) is 2.55. The molecule has 0 radical (unpaired) electrons. The van der Waals surface area contributed by atoms with Crippen LogP contribution in [0.25, 0.3) is 0 Å². The topological polar surface area (TPSA) is 87.3 Å². The molecular weight excluding hydrogens is 439 g/mol. The molecule has 1 heterocycles. The number of halogens is 4. The van der Waals surface area contributed by atoms with E-state index in [2.05, 4.69) is 31.3 Å². The van der Waals surface area contributed by atoms with Crippen LogP contribution in [0.5, 0.6) is 0 Å². The molecular formula is C15H11BrF3N3O3S. The quantitative estimate of drug-likeness (QED) is 0.657. The third-order valence-electron chi connectivity index (χ3n) is 3.54. The summed E-state index contributed by atoms with van der Waals surface area (Å²) in [5.41, 5.74) is -0.920. The Morgan fingerprint density at radius 3 is 2.38 bits per heavy atom. The summed E-state index contributed by atoms with van der Waals surface area (Å²) in [6, 6.07) is 8.66. The van der Waals surface area contributed by atoms with Gasteiger partial charge in [-0.05, 0) is 42.5 Å². The van der Waals surface area contributed by atoms with Gasteiger partial charge in [0.2, 0.25) is 10.0 Å². The summed E-state index contributed by atoms with van der Waals surface area (Å²) in [6.45, 7) is 0. The monoisotopic (exact) mass is 449 g/mol. The summed E-state index contributed by atoms with van der Waals surface area (Å²) >= 11 is 3.24. The molecule has 6 nitrogen and oxygen atoms in total. The number of rotatable bonds is 2. The smallest absolute Gasteiger partial charge is 0.360 e. The Morgan fingerprint density at radius 2 is 1.77 bits per heavy atom. The van der Waals surface area contributed by atoms with Crippen LogP contribution in [0.1, 0.15) is 5.56 Å². The minimum atomic E-state index is -4.64. The van der Waals surface area contributed by atoms with E-state index in [0.29, 0.717) is 17.8 Å². The van der Waals surface area contributed by atoms with E-state index in [-0.39, 0.29) is 10.6 Å². The molecule has 0 aliphatic carbocycles. The Kier molecular flexibility index (Phi) is 4.71. The zero-order valence-corrected chi connectivity index (χ0v) is 15.2. The van der Waals surface area contributed by atoms with Gasteiger partial charge in [0.15, 0.2) is 6.17 Å². The van der Waals surface area contributed by atoms with Gasteiger partial charge in [0, 0.05) is 10.2 Å². The van der Waals surface area contributed by atoms with Crippen LogP contribution in [0.4, 0.5) is 24.5 Å². The number of nitrogens with one attached hydrogen (secondary N) is 3. The van der Waals surface area contributed by atoms with Crippen molar-refractivity contribution in [3.8, 4) is 0 Å². The van der Waals surface area contributed by atoms with Crippen LogP contribution in [-0.4, -0.2) is 20.5 Å². The van der Waals surface area contributed by atoms with Gasteiger partial charge < -0.3 is 10.6 Å². The first-order chi connectivity index (χ1) is 12.1. The third-order valence-corrected chi connectivity index (χ3v) is 5.55. The fraction of sp³-hybridized carbons (Fsp3) is 0.133. The molecule has 138 valence electrons. The van der Waals surface area contributed by atoms with Crippen LogP contribution in [0.3, 0.4) is 0 Å². The number of carbonyl (C=O) groups is 1. The maximum atomic E-state index is 12.9. The number of carbonyl (C=O) groups excluding carboxylic acids is 1. The average molecular weight is 450 g/mol. The molecule has 0 saturated heterocycles. The van der Waals surface area contributed by atoms with Crippen LogP contribution in [0.15, 0.2) is 51.8 Å². The van der Waals surface area contributed by atoms with E-state index in [0.717, 1.165) is 10.5 Å². The lowest BCUT2D eigenvalue weighted by molar-refractivity contribution is -0.137. The maximum absolute atomic E-state index is 12.9. The molecule has 0 unspecified atom stereocenters. The molecule has 0 aromatic heterocycles. The van der Waals surface area contributed by atoms with Crippen molar-refractivity contribution in [2.75, 3.05) is 10.6 Å². The second-order valence-corrected chi connectivity index (χ2v) is 8.00. The van der Waals surface area contributed by atoms with E-state index < -0.39 is 33.8 Å². The van der Waals surface area contributed by atoms with E-state index in [4.69, 9.17) is 0 Å². The van der Waals surface area contributed by atoms with Crippen molar-refractivity contribution >= 4 is 43.2 Å². The molecule has 2 aromatic carbocycles. The predicted molar refractivity (Wildman–Crippen MR) is 91.9 cm³/mol. The molecule has 1 aliphatic rings. The number of alkyl halides is 3. The van der Waals surface area contributed by atoms with Crippen molar-refractivity contribution in [1.29, 1.82) is 0 Å². The summed E-state index contributed by atoms with van der Waals surface area (Å²) in [7, 11) is -4.15. The Hall–Kier alpha value is -2.11. The largest absolute Gasteiger partial charge is 0.416 e. The lowest BCUT2D eigenvalue weighted by atomic mass is 10.2. The lowest BCUT2D eigenvalue weighted by Crippen LogP contribution is -2.51. The number of benzene rings is 2. The molecule has 0 saturated carbocycles. The summed E-state index contributed by atoms with van der Waals surface area (Å²) in [6.07, 6.45) is -6.10. The van der Waals surface area contributed by atoms with Gasteiger partial charge in [-0.2, -0.15) is 17.9 Å². The van der Waals surface area contributed by atoms with Crippen LogP contribution in [0, 0.1) is 0 Å². The van der Waals surface area contributed by atoms with E-state index in [9.17, 15) is 26.4 Å². The molecule has 1 amide bonds.